The molecule has 0 aliphatic rings. The number of nitrogens with zero attached hydrogens (tertiary/aromatic N) is 4. The Hall–Kier alpha value is -5.52. The van der Waals surface area contributed by atoms with Crippen molar-refractivity contribution in [1.29, 1.82) is 0 Å². The summed E-state index contributed by atoms with van der Waals surface area (Å²) in [5.74, 6) is 0. The number of aromatic nitrogens is 4. The van der Waals surface area contributed by atoms with Crippen LogP contribution >= 0.6 is 11.3 Å². The Morgan fingerprint density at radius 1 is 0.488 bits per heavy atom. The quantitative estimate of drug-likeness (QED) is 0.199. The smallest absolute Gasteiger partial charge is 0.165 e. The largest absolute Gasteiger partial charge is 0.309 e. The van der Waals surface area contributed by atoms with Gasteiger partial charge in [-0.25, -0.2) is 9.97 Å². The molecule has 11 rings (SSSR count). The lowest BCUT2D eigenvalue weighted by Crippen LogP contribution is -1.94. The van der Waals surface area contributed by atoms with Gasteiger partial charge < -0.3 is 4.57 Å². The van der Waals surface area contributed by atoms with E-state index in [9.17, 15) is 0 Å². The highest BCUT2D eigenvalue weighted by Crippen LogP contribution is 2.45. The zero-order valence-electron chi connectivity index (χ0n) is 22.7. The van der Waals surface area contributed by atoms with E-state index in [1.165, 1.54) is 58.3 Å². The van der Waals surface area contributed by atoms with Crippen molar-refractivity contribution in [2.45, 2.75) is 0 Å². The van der Waals surface area contributed by atoms with Crippen LogP contribution in [0, 0.1) is 0 Å². The Kier molecular flexibility index (Phi) is 3.94. The monoisotopic (exact) mass is 564 g/mol. The number of para-hydroxylation sites is 4. The van der Waals surface area contributed by atoms with Gasteiger partial charge in [0, 0.05) is 52.8 Å². The lowest BCUT2D eigenvalue weighted by atomic mass is 10.1. The van der Waals surface area contributed by atoms with E-state index in [1.54, 1.807) is 0 Å². The van der Waals surface area contributed by atoms with Crippen LogP contribution in [0.1, 0.15) is 0 Å². The molecule has 5 heterocycles. The molecule has 0 radical (unpaired) electrons. The Morgan fingerprint density at radius 3 is 2.02 bits per heavy atom. The minimum Gasteiger partial charge on any atom is -0.309 e. The molecular weight excluding hydrogens is 545 g/mol. The van der Waals surface area contributed by atoms with Crippen LogP contribution in [0.5, 0.6) is 0 Å². The summed E-state index contributed by atoms with van der Waals surface area (Å²) in [6.45, 7) is 0. The number of thiophene rings is 1. The summed E-state index contributed by atoms with van der Waals surface area (Å²) >= 11 is 1.87. The Morgan fingerprint density at radius 2 is 1.16 bits per heavy atom. The van der Waals surface area contributed by atoms with Gasteiger partial charge in [-0.15, -0.1) is 11.3 Å². The Bertz CT molecular complexity index is 2960. The molecule has 6 aromatic carbocycles. The second kappa shape index (κ2) is 7.65. The van der Waals surface area contributed by atoms with Crippen LogP contribution in [0.25, 0.3) is 97.1 Å². The highest BCUT2D eigenvalue weighted by molar-refractivity contribution is 7.26. The van der Waals surface area contributed by atoms with Crippen molar-refractivity contribution in [2.24, 2.45) is 0 Å². The second-order valence-electron chi connectivity index (χ2n) is 11.4. The molecule has 0 amide bonds. The van der Waals surface area contributed by atoms with Gasteiger partial charge in [0.1, 0.15) is 5.52 Å². The van der Waals surface area contributed by atoms with Gasteiger partial charge in [-0.3, -0.25) is 4.40 Å². The normalized spacial score (nSPS) is 12.7. The summed E-state index contributed by atoms with van der Waals surface area (Å²) in [6.07, 6.45) is 0. The third-order valence-electron chi connectivity index (χ3n) is 9.21. The first-order valence-corrected chi connectivity index (χ1v) is 15.3. The van der Waals surface area contributed by atoms with Gasteiger partial charge in [0.2, 0.25) is 0 Å². The maximum absolute atomic E-state index is 5.21. The van der Waals surface area contributed by atoms with Crippen molar-refractivity contribution >= 4 is 103 Å². The van der Waals surface area contributed by atoms with Crippen LogP contribution < -0.4 is 0 Å². The Labute approximate surface area is 248 Å². The molecular formula is C38H20N4S. The second-order valence-corrected chi connectivity index (χ2v) is 12.5. The van der Waals surface area contributed by atoms with Crippen molar-refractivity contribution in [3.8, 4) is 5.69 Å². The predicted octanol–water partition coefficient (Wildman–Crippen LogP) is 10.2. The standard InChI is InChI=1S/C38H20N4S/c1-6-14-30-22(9-1)24-17-18-33-34(25-11-3-8-16-32(25)43-33)37(24)41(30)21-19-26-23-10-2-7-15-31(23)42-36(26)27(20-21)35-38(42)40-29-13-5-4-12-28(29)39-35/h1-20H. The summed E-state index contributed by atoms with van der Waals surface area (Å²) in [7, 11) is 0. The molecule has 0 fully saturated rings. The van der Waals surface area contributed by atoms with Gasteiger partial charge in [-0.2, -0.15) is 0 Å². The van der Waals surface area contributed by atoms with E-state index in [2.05, 4.69) is 118 Å². The number of benzene rings is 6. The van der Waals surface area contributed by atoms with Crippen molar-refractivity contribution < 1.29 is 0 Å². The third kappa shape index (κ3) is 2.67. The van der Waals surface area contributed by atoms with E-state index in [-0.39, 0.29) is 0 Å². The maximum atomic E-state index is 5.21. The molecule has 4 nitrogen and oxygen atoms in total. The summed E-state index contributed by atoms with van der Waals surface area (Å²) in [6, 6.07) is 43.8. The number of fused-ring (bicyclic) bond motifs is 14. The van der Waals surface area contributed by atoms with Crippen LogP contribution in [0.4, 0.5) is 0 Å². The zero-order chi connectivity index (χ0) is 27.8. The van der Waals surface area contributed by atoms with Gasteiger partial charge in [-0.05, 0) is 48.5 Å². The Balaban J connectivity index is 1.39. The van der Waals surface area contributed by atoms with E-state index < -0.39 is 0 Å². The maximum Gasteiger partial charge on any atom is 0.165 e. The molecule has 0 spiro atoms. The number of hydrogen-bond donors (Lipinski definition) is 0. The van der Waals surface area contributed by atoms with Gasteiger partial charge in [-0.1, -0.05) is 72.8 Å². The van der Waals surface area contributed by atoms with Crippen molar-refractivity contribution in [3.05, 3.63) is 121 Å². The number of hydrogen-bond acceptors (Lipinski definition) is 3. The third-order valence-corrected chi connectivity index (χ3v) is 10.3. The van der Waals surface area contributed by atoms with Gasteiger partial charge in [0.15, 0.2) is 5.65 Å². The fourth-order valence-electron chi connectivity index (χ4n) is 7.47. The van der Waals surface area contributed by atoms with Crippen LogP contribution in [0.3, 0.4) is 0 Å². The lowest BCUT2D eigenvalue weighted by Gasteiger charge is -2.10. The zero-order valence-corrected chi connectivity index (χ0v) is 23.6. The molecule has 0 aliphatic heterocycles. The highest BCUT2D eigenvalue weighted by atomic mass is 32.1. The molecule has 0 atom stereocenters. The van der Waals surface area contributed by atoms with Crippen molar-refractivity contribution in [2.75, 3.05) is 0 Å². The van der Waals surface area contributed by atoms with Crippen LogP contribution in [-0.4, -0.2) is 18.9 Å². The molecule has 0 N–H and O–H groups in total. The molecule has 0 bridgehead atoms. The highest BCUT2D eigenvalue weighted by Gasteiger charge is 2.23. The van der Waals surface area contributed by atoms with E-state index >= 15 is 0 Å². The fourth-order valence-corrected chi connectivity index (χ4v) is 8.58. The average molecular weight is 565 g/mol. The van der Waals surface area contributed by atoms with Crippen LogP contribution in [0.2, 0.25) is 0 Å². The molecule has 0 saturated carbocycles. The van der Waals surface area contributed by atoms with Gasteiger partial charge in [0.05, 0.1) is 33.1 Å². The summed E-state index contributed by atoms with van der Waals surface area (Å²) in [5, 5.41) is 8.75. The SMILES string of the molecule is c1ccc2nc3c(nc2c1)c1cc(-n2c4ccccc4c4ccc5sc6ccccc6c5c42)cc2c4ccccc4n3c21. The summed E-state index contributed by atoms with van der Waals surface area (Å²) in [4.78, 5) is 10.4. The molecule has 0 unspecified atom stereocenters. The first-order chi connectivity index (χ1) is 21.3. The molecule has 11 aromatic rings. The van der Waals surface area contributed by atoms with Gasteiger partial charge in [0.25, 0.3) is 0 Å². The van der Waals surface area contributed by atoms with Crippen LogP contribution in [-0.2, 0) is 0 Å². The summed E-state index contributed by atoms with van der Waals surface area (Å²) in [5.41, 5.74) is 9.63. The van der Waals surface area contributed by atoms with Crippen molar-refractivity contribution in [3.63, 3.8) is 0 Å². The summed E-state index contributed by atoms with van der Waals surface area (Å²) < 4.78 is 7.42. The predicted molar refractivity (Wildman–Crippen MR) is 181 cm³/mol. The number of rotatable bonds is 1. The molecule has 198 valence electrons. The minimum absolute atomic E-state index is 0.908. The first kappa shape index (κ1) is 22.1. The molecule has 5 aromatic heterocycles. The van der Waals surface area contributed by atoms with E-state index in [4.69, 9.17) is 9.97 Å². The first-order valence-electron chi connectivity index (χ1n) is 14.5. The van der Waals surface area contributed by atoms with E-state index in [0.29, 0.717) is 0 Å². The fraction of sp³-hybridized carbons (Fsp3) is 0. The van der Waals surface area contributed by atoms with Crippen molar-refractivity contribution in [1.82, 2.24) is 18.9 Å². The van der Waals surface area contributed by atoms with Crippen LogP contribution in [0.15, 0.2) is 121 Å². The lowest BCUT2D eigenvalue weighted by molar-refractivity contribution is 1.20. The molecule has 0 aliphatic carbocycles. The molecule has 0 saturated heterocycles. The molecule has 5 heteroatoms. The minimum atomic E-state index is 0.908. The topological polar surface area (TPSA) is 35.1 Å². The molecule has 43 heavy (non-hydrogen) atoms. The van der Waals surface area contributed by atoms with E-state index in [0.717, 1.165) is 38.8 Å². The van der Waals surface area contributed by atoms with Gasteiger partial charge >= 0.3 is 0 Å². The van der Waals surface area contributed by atoms with E-state index in [1.807, 2.05) is 23.5 Å². The average Bonchev–Trinajstić information content (AvgIpc) is 3.78.